The molecule has 116 valence electrons. The lowest BCUT2D eigenvalue weighted by molar-refractivity contribution is -0.385. The highest BCUT2D eigenvalue weighted by atomic mass is 32.2. The molecule has 3 aromatic rings. The number of hydrogen-bond donors (Lipinski definition) is 0. The maximum atomic E-state index is 10.6. The van der Waals surface area contributed by atoms with E-state index in [2.05, 4.69) is 26.7 Å². The summed E-state index contributed by atoms with van der Waals surface area (Å²) < 4.78 is 7.13. The van der Waals surface area contributed by atoms with E-state index in [9.17, 15) is 10.1 Å². The van der Waals surface area contributed by atoms with Crippen molar-refractivity contribution in [3.63, 3.8) is 0 Å². The van der Waals surface area contributed by atoms with Crippen molar-refractivity contribution in [1.82, 2.24) is 24.7 Å². The van der Waals surface area contributed by atoms with Gasteiger partial charge in [-0.05, 0) is 23.9 Å². The summed E-state index contributed by atoms with van der Waals surface area (Å²) >= 11 is 1.15. The van der Waals surface area contributed by atoms with Gasteiger partial charge in [0.25, 0.3) is 0 Å². The molecular weight excluding hydrogens is 320 g/mol. The van der Waals surface area contributed by atoms with Crippen LogP contribution in [0.1, 0.15) is 0 Å². The van der Waals surface area contributed by atoms with Gasteiger partial charge in [0.05, 0.1) is 11.2 Å². The van der Waals surface area contributed by atoms with E-state index in [-0.39, 0.29) is 5.69 Å². The monoisotopic (exact) mass is 330 g/mol. The highest BCUT2D eigenvalue weighted by molar-refractivity contribution is 7.99. The zero-order valence-electron chi connectivity index (χ0n) is 11.7. The van der Waals surface area contributed by atoms with E-state index in [1.165, 1.54) is 0 Å². The Kier molecular flexibility index (Phi) is 4.15. The molecule has 3 rings (SSSR count). The summed E-state index contributed by atoms with van der Waals surface area (Å²) in [5.41, 5.74) is -0.168. The Morgan fingerprint density at radius 2 is 2.17 bits per heavy atom. The predicted octanol–water partition coefficient (Wildman–Crippen LogP) is 2.57. The van der Waals surface area contributed by atoms with Crippen LogP contribution in [0.4, 0.5) is 5.69 Å². The number of allylic oxidation sites excluding steroid dienone is 1. The molecule has 0 fully saturated rings. The first-order valence-electron chi connectivity index (χ1n) is 6.41. The Bertz CT molecular complexity index is 828. The van der Waals surface area contributed by atoms with Crippen LogP contribution in [0.3, 0.4) is 0 Å². The summed E-state index contributed by atoms with van der Waals surface area (Å²) in [7, 11) is 0. The van der Waals surface area contributed by atoms with E-state index in [0.29, 0.717) is 28.4 Å². The summed E-state index contributed by atoms with van der Waals surface area (Å²) in [6, 6.07) is 3.54. The summed E-state index contributed by atoms with van der Waals surface area (Å²) in [5, 5.41) is 19.7. The molecule has 3 aromatic heterocycles. The van der Waals surface area contributed by atoms with Crippen molar-refractivity contribution in [3.05, 3.63) is 53.6 Å². The van der Waals surface area contributed by atoms with Gasteiger partial charge in [-0.3, -0.25) is 14.7 Å². The Labute approximate surface area is 134 Å². The van der Waals surface area contributed by atoms with E-state index in [1.807, 2.05) is 0 Å². The molecule has 10 heteroatoms. The fraction of sp³-hybridized carbons (Fsp3) is 0.0769. The lowest BCUT2D eigenvalue weighted by Gasteiger charge is -2.05. The molecule has 0 saturated heterocycles. The molecule has 0 saturated carbocycles. The van der Waals surface area contributed by atoms with Gasteiger partial charge in [0.15, 0.2) is 16.1 Å². The SMILES string of the molecule is C=CCn1c(Sc2ncc([N+](=O)[O-])cn2)nnc1-c1ccco1. The van der Waals surface area contributed by atoms with Crippen LogP contribution in [0.25, 0.3) is 11.6 Å². The van der Waals surface area contributed by atoms with E-state index < -0.39 is 4.92 Å². The van der Waals surface area contributed by atoms with Gasteiger partial charge in [0.2, 0.25) is 5.82 Å². The maximum absolute atomic E-state index is 10.6. The molecule has 0 unspecified atom stereocenters. The maximum Gasteiger partial charge on any atom is 0.305 e. The average molecular weight is 330 g/mol. The van der Waals surface area contributed by atoms with Crippen molar-refractivity contribution in [2.75, 3.05) is 0 Å². The second-order valence-corrected chi connectivity index (χ2v) is 5.20. The molecule has 0 spiro atoms. The van der Waals surface area contributed by atoms with Crippen LogP contribution in [0, 0.1) is 10.1 Å². The Hall–Kier alpha value is -3.01. The first kappa shape index (κ1) is 14.9. The molecule has 3 heterocycles. The van der Waals surface area contributed by atoms with Crippen molar-refractivity contribution in [3.8, 4) is 11.6 Å². The Morgan fingerprint density at radius 1 is 1.39 bits per heavy atom. The highest BCUT2D eigenvalue weighted by Crippen LogP contribution is 2.28. The molecule has 0 aliphatic rings. The van der Waals surface area contributed by atoms with Gasteiger partial charge in [0.1, 0.15) is 12.4 Å². The normalized spacial score (nSPS) is 10.6. The molecule has 0 radical (unpaired) electrons. The third kappa shape index (κ3) is 3.11. The lowest BCUT2D eigenvalue weighted by atomic mass is 10.4. The molecular formula is C13H10N6O3S. The molecule has 0 aromatic carbocycles. The number of nitro groups is 1. The fourth-order valence-corrected chi connectivity index (χ4v) is 2.51. The van der Waals surface area contributed by atoms with Gasteiger partial charge in [-0.2, -0.15) is 0 Å². The van der Waals surface area contributed by atoms with Crippen molar-refractivity contribution >= 4 is 17.4 Å². The number of rotatable bonds is 6. The standard InChI is InChI=1S/C13H10N6O3S/c1-2-5-18-11(10-4-3-6-22-10)16-17-13(18)23-12-14-7-9(8-15-12)19(20)21/h2-4,6-8H,1,5H2. The Morgan fingerprint density at radius 3 is 2.78 bits per heavy atom. The van der Waals surface area contributed by atoms with Crippen molar-refractivity contribution in [1.29, 1.82) is 0 Å². The lowest BCUT2D eigenvalue weighted by Crippen LogP contribution is -2.00. The second kappa shape index (κ2) is 6.40. The summed E-state index contributed by atoms with van der Waals surface area (Å²) in [6.07, 6.45) is 5.55. The number of nitrogens with zero attached hydrogens (tertiary/aromatic N) is 6. The largest absolute Gasteiger partial charge is 0.461 e. The van der Waals surface area contributed by atoms with Crippen LogP contribution in [-0.4, -0.2) is 29.7 Å². The van der Waals surface area contributed by atoms with Crippen molar-refractivity contribution in [2.45, 2.75) is 16.9 Å². The van der Waals surface area contributed by atoms with E-state index >= 15 is 0 Å². The van der Waals surface area contributed by atoms with Crippen LogP contribution >= 0.6 is 11.8 Å². The van der Waals surface area contributed by atoms with Crippen LogP contribution in [0.5, 0.6) is 0 Å². The molecule has 0 aliphatic heterocycles. The van der Waals surface area contributed by atoms with Gasteiger partial charge in [-0.1, -0.05) is 6.08 Å². The smallest absolute Gasteiger partial charge is 0.305 e. The van der Waals surface area contributed by atoms with E-state index in [4.69, 9.17) is 4.42 Å². The second-order valence-electron chi connectivity index (χ2n) is 4.27. The minimum absolute atomic E-state index is 0.168. The first-order chi connectivity index (χ1) is 11.2. The van der Waals surface area contributed by atoms with Gasteiger partial charge in [0, 0.05) is 6.54 Å². The number of furan rings is 1. The predicted molar refractivity (Wildman–Crippen MR) is 80.7 cm³/mol. The van der Waals surface area contributed by atoms with Crippen LogP contribution in [-0.2, 0) is 6.54 Å². The molecule has 23 heavy (non-hydrogen) atoms. The number of aromatic nitrogens is 5. The molecule has 0 atom stereocenters. The van der Waals surface area contributed by atoms with Gasteiger partial charge in [-0.25, -0.2) is 9.97 Å². The van der Waals surface area contributed by atoms with Gasteiger partial charge >= 0.3 is 5.69 Å². The van der Waals surface area contributed by atoms with Crippen LogP contribution in [0.15, 0.2) is 58.2 Å². The zero-order valence-corrected chi connectivity index (χ0v) is 12.5. The molecule has 9 nitrogen and oxygen atoms in total. The minimum Gasteiger partial charge on any atom is -0.461 e. The quantitative estimate of drug-likeness (QED) is 0.293. The summed E-state index contributed by atoms with van der Waals surface area (Å²) in [6.45, 7) is 4.19. The van der Waals surface area contributed by atoms with Crippen LogP contribution < -0.4 is 0 Å². The first-order valence-corrected chi connectivity index (χ1v) is 7.23. The Balaban J connectivity index is 1.90. The molecule has 0 aliphatic carbocycles. The van der Waals surface area contributed by atoms with E-state index in [0.717, 1.165) is 24.2 Å². The van der Waals surface area contributed by atoms with Gasteiger partial charge < -0.3 is 4.42 Å². The summed E-state index contributed by atoms with van der Waals surface area (Å²) in [5.74, 6) is 1.13. The topological polar surface area (TPSA) is 113 Å². The minimum atomic E-state index is -0.552. The average Bonchev–Trinajstić information content (AvgIpc) is 3.19. The molecule has 0 bridgehead atoms. The summed E-state index contributed by atoms with van der Waals surface area (Å²) in [4.78, 5) is 18.0. The molecule has 0 N–H and O–H groups in total. The molecule has 0 amide bonds. The number of hydrogen-bond acceptors (Lipinski definition) is 8. The third-order valence-electron chi connectivity index (χ3n) is 2.78. The van der Waals surface area contributed by atoms with E-state index in [1.54, 1.807) is 29.0 Å². The fourth-order valence-electron chi connectivity index (χ4n) is 1.78. The highest BCUT2D eigenvalue weighted by Gasteiger charge is 2.17. The van der Waals surface area contributed by atoms with Crippen molar-refractivity contribution in [2.24, 2.45) is 0 Å². The third-order valence-corrected chi connectivity index (χ3v) is 3.66. The van der Waals surface area contributed by atoms with Crippen molar-refractivity contribution < 1.29 is 9.34 Å². The van der Waals surface area contributed by atoms with Crippen LogP contribution in [0.2, 0.25) is 0 Å². The van der Waals surface area contributed by atoms with Gasteiger partial charge in [-0.15, -0.1) is 16.8 Å². The zero-order chi connectivity index (χ0) is 16.2.